The van der Waals surface area contributed by atoms with Crippen LogP contribution in [0.1, 0.15) is 43.7 Å². The van der Waals surface area contributed by atoms with Crippen LogP contribution in [-0.4, -0.2) is 43.3 Å². The van der Waals surface area contributed by atoms with Gasteiger partial charge in [0, 0.05) is 19.6 Å². The number of alkyl halides is 3. The van der Waals surface area contributed by atoms with Crippen LogP contribution in [0.3, 0.4) is 0 Å². The summed E-state index contributed by atoms with van der Waals surface area (Å²) in [7, 11) is 3.35. The number of ether oxygens (including phenoxy) is 2. The van der Waals surface area contributed by atoms with Crippen molar-refractivity contribution in [2.24, 2.45) is 10.4 Å². The highest BCUT2D eigenvalue weighted by Crippen LogP contribution is 2.62. The molecule has 1 atom stereocenters. The zero-order valence-corrected chi connectivity index (χ0v) is 16.1. The summed E-state index contributed by atoms with van der Waals surface area (Å²) >= 11 is 0. The summed E-state index contributed by atoms with van der Waals surface area (Å²) in [4.78, 5) is 19.8. The first kappa shape index (κ1) is 19.2. The molecule has 1 aromatic carbocycles. The third kappa shape index (κ3) is 2.64. The minimum absolute atomic E-state index is 0.134. The van der Waals surface area contributed by atoms with Crippen molar-refractivity contribution < 1.29 is 27.4 Å². The van der Waals surface area contributed by atoms with E-state index in [0.717, 1.165) is 31.2 Å². The number of benzene rings is 1. The zero-order chi connectivity index (χ0) is 20.3. The van der Waals surface area contributed by atoms with Gasteiger partial charge in [-0.1, -0.05) is 6.07 Å². The fraction of sp³-hybridized carbons (Fsp3) is 0.600. The van der Waals surface area contributed by atoms with Crippen LogP contribution in [-0.2, 0) is 21.5 Å². The third-order valence-electron chi connectivity index (χ3n) is 6.65. The van der Waals surface area contributed by atoms with Crippen molar-refractivity contribution in [3.05, 3.63) is 29.3 Å². The van der Waals surface area contributed by atoms with Crippen molar-refractivity contribution in [2.75, 3.05) is 14.2 Å². The summed E-state index contributed by atoms with van der Waals surface area (Å²) in [6, 6.07) is 4.32. The molecular weight excluding hydrogens is 373 g/mol. The van der Waals surface area contributed by atoms with Gasteiger partial charge in [-0.05, 0) is 62.3 Å². The molecule has 5 nitrogen and oxygen atoms in total. The highest BCUT2D eigenvalue weighted by Gasteiger charge is 2.66. The van der Waals surface area contributed by atoms with Crippen LogP contribution >= 0.6 is 0 Å². The lowest BCUT2D eigenvalue weighted by Crippen LogP contribution is -2.51. The number of carbonyl (C=O) groups is 1. The van der Waals surface area contributed by atoms with E-state index in [1.165, 1.54) is 17.0 Å². The molecule has 1 fully saturated rings. The van der Waals surface area contributed by atoms with E-state index in [0.29, 0.717) is 17.8 Å². The molecule has 8 heteroatoms. The number of amidine groups is 1. The Morgan fingerprint density at radius 3 is 2.46 bits per heavy atom. The van der Waals surface area contributed by atoms with Gasteiger partial charge in [0.2, 0.25) is 0 Å². The predicted molar refractivity (Wildman–Crippen MR) is 96.1 cm³/mol. The second kappa shape index (κ2) is 6.20. The molecule has 1 amide bonds. The van der Waals surface area contributed by atoms with Gasteiger partial charge in [-0.2, -0.15) is 0 Å². The zero-order valence-electron chi connectivity index (χ0n) is 16.1. The van der Waals surface area contributed by atoms with Gasteiger partial charge in [-0.15, -0.1) is 13.2 Å². The monoisotopic (exact) mass is 396 g/mol. The number of aliphatic imine (C=N–C) groups is 1. The number of methoxy groups -OCH3 is 1. The summed E-state index contributed by atoms with van der Waals surface area (Å²) in [5.74, 6) is 0.0838. The topological polar surface area (TPSA) is 51.1 Å². The Hall–Kier alpha value is -2.09. The highest BCUT2D eigenvalue weighted by atomic mass is 19.4. The minimum atomic E-state index is -4.79. The molecule has 152 valence electrons. The SMILES string of the molecule is COC1CCC2(CC1)Cc1ccc(OC(F)(F)F)cc1C21N=C(C)N(C)C1=O. The van der Waals surface area contributed by atoms with Crippen LogP contribution in [0, 0.1) is 5.41 Å². The summed E-state index contributed by atoms with van der Waals surface area (Å²) < 4.78 is 47.9. The van der Waals surface area contributed by atoms with E-state index in [4.69, 9.17) is 9.73 Å². The quantitative estimate of drug-likeness (QED) is 0.764. The van der Waals surface area contributed by atoms with E-state index < -0.39 is 17.3 Å². The Bertz CT molecular complexity index is 844. The number of carbonyl (C=O) groups excluding carboxylic acids is 1. The van der Waals surface area contributed by atoms with Crippen LogP contribution in [0.15, 0.2) is 23.2 Å². The lowest BCUT2D eigenvalue weighted by Gasteiger charge is -2.45. The van der Waals surface area contributed by atoms with Gasteiger partial charge in [0.1, 0.15) is 11.6 Å². The average Bonchev–Trinajstić information content (AvgIpc) is 3.02. The molecule has 0 aromatic heterocycles. The minimum Gasteiger partial charge on any atom is -0.406 e. The van der Waals surface area contributed by atoms with E-state index in [-0.39, 0.29) is 17.8 Å². The second-order valence-corrected chi connectivity index (χ2v) is 7.99. The van der Waals surface area contributed by atoms with Gasteiger partial charge in [0.15, 0.2) is 5.54 Å². The molecule has 3 aliphatic rings. The normalized spacial score (nSPS) is 32.2. The van der Waals surface area contributed by atoms with E-state index >= 15 is 0 Å². The van der Waals surface area contributed by atoms with Gasteiger partial charge in [-0.25, -0.2) is 0 Å². The molecule has 1 aliphatic heterocycles. The summed E-state index contributed by atoms with van der Waals surface area (Å²) in [6.45, 7) is 1.76. The first-order chi connectivity index (χ1) is 13.1. The predicted octanol–water partition coefficient (Wildman–Crippen LogP) is 3.80. The summed E-state index contributed by atoms with van der Waals surface area (Å²) in [6.07, 6.45) is -0.994. The maximum Gasteiger partial charge on any atom is 0.573 e. The highest BCUT2D eigenvalue weighted by molar-refractivity contribution is 6.08. The lowest BCUT2D eigenvalue weighted by atomic mass is 9.61. The Labute approximate surface area is 161 Å². The fourth-order valence-corrected chi connectivity index (χ4v) is 5.22. The Morgan fingerprint density at radius 1 is 1.25 bits per heavy atom. The van der Waals surface area contributed by atoms with E-state index in [2.05, 4.69) is 4.74 Å². The first-order valence-electron chi connectivity index (χ1n) is 9.38. The maximum absolute atomic E-state index is 13.4. The number of rotatable bonds is 2. The number of hydrogen-bond donors (Lipinski definition) is 0. The van der Waals surface area contributed by atoms with Crippen molar-refractivity contribution in [1.82, 2.24) is 4.90 Å². The third-order valence-corrected chi connectivity index (χ3v) is 6.65. The lowest BCUT2D eigenvalue weighted by molar-refractivity contribution is -0.274. The first-order valence-corrected chi connectivity index (χ1v) is 9.38. The van der Waals surface area contributed by atoms with Gasteiger partial charge in [0.05, 0.1) is 6.10 Å². The van der Waals surface area contributed by atoms with E-state index in [1.54, 1.807) is 27.1 Å². The molecule has 1 aromatic rings. The number of hydrogen-bond acceptors (Lipinski definition) is 4. The smallest absolute Gasteiger partial charge is 0.406 e. The molecule has 1 saturated carbocycles. The van der Waals surface area contributed by atoms with Gasteiger partial charge < -0.3 is 14.4 Å². The maximum atomic E-state index is 13.4. The average molecular weight is 396 g/mol. The largest absolute Gasteiger partial charge is 0.573 e. The van der Waals surface area contributed by atoms with E-state index in [1.807, 2.05) is 0 Å². The number of amides is 1. The molecule has 1 heterocycles. The molecule has 4 rings (SSSR count). The van der Waals surface area contributed by atoms with Crippen LogP contribution in [0.4, 0.5) is 13.2 Å². The van der Waals surface area contributed by atoms with Crippen molar-refractivity contribution in [3.63, 3.8) is 0 Å². The fourth-order valence-electron chi connectivity index (χ4n) is 5.22. The number of halogens is 3. The van der Waals surface area contributed by atoms with Crippen LogP contribution < -0.4 is 4.74 Å². The van der Waals surface area contributed by atoms with Crippen molar-refractivity contribution >= 4 is 11.7 Å². The van der Waals surface area contributed by atoms with Gasteiger partial charge >= 0.3 is 6.36 Å². The molecule has 28 heavy (non-hydrogen) atoms. The van der Waals surface area contributed by atoms with Gasteiger partial charge in [-0.3, -0.25) is 9.79 Å². The van der Waals surface area contributed by atoms with Crippen molar-refractivity contribution in [3.8, 4) is 5.75 Å². The molecule has 2 aliphatic carbocycles. The molecule has 0 bridgehead atoms. The molecule has 0 N–H and O–H groups in total. The Kier molecular flexibility index (Phi) is 4.26. The van der Waals surface area contributed by atoms with Crippen LogP contribution in [0.2, 0.25) is 0 Å². The van der Waals surface area contributed by atoms with Crippen LogP contribution in [0.5, 0.6) is 5.75 Å². The van der Waals surface area contributed by atoms with E-state index in [9.17, 15) is 18.0 Å². The molecule has 2 spiro atoms. The second-order valence-electron chi connectivity index (χ2n) is 7.99. The van der Waals surface area contributed by atoms with Crippen LogP contribution in [0.25, 0.3) is 0 Å². The molecule has 0 radical (unpaired) electrons. The standard InChI is InChI=1S/C20H23F3N2O3/c1-12-24-19(17(26)25(12)2)16-10-15(28-20(21,22)23)5-4-13(16)11-18(19)8-6-14(27-3)7-9-18/h4-5,10,14H,6-9,11H2,1-3H3. The molecular formula is C20H23F3N2O3. The van der Waals surface area contributed by atoms with Crippen molar-refractivity contribution in [1.29, 1.82) is 0 Å². The number of fused-ring (bicyclic) bond motifs is 3. The number of likely N-dealkylation sites (N-methyl/N-ethyl adjacent to an activating group) is 1. The molecule has 0 saturated heterocycles. The Morgan fingerprint density at radius 2 is 1.93 bits per heavy atom. The summed E-state index contributed by atoms with van der Waals surface area (Å²) in [5, 5.41) is 0. The van der Waals surface area contributed by atoms with Gasteiger partial charge in [0.25, 0.3) is 5.91 Å². The summed E-state index contributed by atoms with van der Waals surface area (Å²) in [5.41, 5.74) is -0.237. The Balaban J connectivity index is 1.84. The number of nitrogens with zero attached hydrogens (tertiary/aromatic N) is 2. The molecule has 1 unspecified atom stereocenters. The van der Waals surface area contributed by atoms with Crippen molar-refractivity contribution in [2.45, 2.75) is 57.0 Å².